The van der Waals surface area contributed by atoms with Crippen LogP contribution in [0.1, 0.15) is 53.5 Å². The van der Waals surface area contributed by atoms with Crippen LogP contribution in [-0.4, -0.2) is 31.5 Å². The van der Waals surface area contributed by atoms with Crippen molar-refractivity contribution in [2.45, 2.75) is 39.2 Å². The standard InChI is InChI=1S/C23H27N3O3/c1-15-7-5-10-20(22(26-28-4)23(27)24-3)21(15)14-29-25-16(2)18-8-6-9-19(13-18)17-11-12-17/h5-10,13,17H,11-12,14H2,1-4H3,(H,24,27)/b25-16+,26-22+. The monoisotopic (exact) mass is 393 g/mol. The third kappa shape index (κ3) is 5.02. The fraction of sp³-hybridized carbons (Fsp3) is 0.348. The Hall–Kier alpha value is -3.15. The number of benzene rings is 2. The van der Waals surface area contributed by atoms with Gasteiger partial charge in [-0.1, -0.05) is 46.7 Å². The second-order valence-corrected chi connectivity index (χ2v) is 7.15. The molecular formula is C23H27N3O3. The van der Waals surface area contributed by atoms with E-state index >= 15 is 0 Å². The predicted octanol–water partition coefficient (Wildman–Crippen LogP) is 3.91. The highest BCUT2D eigenvalue weighted by atomic mass is 16.6. The fourth-order valence-electron chi connectivity index (χ4n) is 3.22. The molecule has 0 heterocycles. The zero-order valence-corrected chi connectivity index (χ0v) is 17.4. The average Bonchev–Trinajstić information content (AvgIpc) is 3.58. The van der Waals surface area contributed by atoms with Crippen molar-refractivity contribution < 1.29 is 14.5 Å². The molecule has 2 aromatic rings. The fourth-order valence-corrected chi connectivity index (χ4v) is 3.22. The number of carbonyl (C=O) groups excluding carboxylic acids is 1. The maximum Gasteiger partial charge on any atom is 0.273 e. The molecule has 0 unspecified atom stereocenters. The molecule has 6 nitrogen and oxygen atoms in total. The highest BCUT2D eigenvalue weighted by Crippen LogP contribution is 2.40. The van der Waals surface area contributed by atoms with Crippen LogP contribution >= 0.6 is 0 Å². The number of nitrogens with one attached hydrogen (secondary N) is 1. The van der Waals surface area contributed by atoms with Gasteiger partial charge in [0.05, 0.1) is 5.71 Å². The van der Waals surface area contributed by atoms with Crippen LogP contribution in [0.5, 0.6) is 0 Å². The summed E-state index contributed by atoms with van der Waals surface area (Å²) >= 11 is 0. The van der Waals surface area contributed by atoms with Gasteiger partial charge in [-0.2, -0.15) is 0 Å². The predicted molar refractivity (Wildman–Crippen MR) is 114 cm³/mol. The van der Waals surface area contributed by atoms with Gasteiger partial charge in [0.15, 0.2) is 5.71 Å². The van der Waals surface area contributed by atoms with E-state index in [9.17, 15) is 4.79 Å². The van der Waals surface area contributed by atoms with Gasteiger partial charge in [-0.15, -0.1) is 0 Å². The Kier molecular flexibility index (Phi) is 6.65. The first-order chi connectivity index (χ1) is 14.0. The Balaban J connectivity index is 1.80. The van der Waals surface area contributed by atoms with Crippen molar-refractivity contribution in [1.82, 2.24) is 5.32 Å². The number of aryl methyl sites for hydroxylation is 1. The molecule has 0 aliphatic heterocycles. The Morgan fingerprint density at radius 1 is 1.17 bits per heavy atom. The minimum atomic E-state index is -0.324. The molecule has 2 aromatic carbocycles. The number of likely N-dealkylation sites (N-methyl/N-ethyl adjacent to an activating group) is 1. The van der Waals surface area contributed by atoms with E-state index in [2.05, 4.69) is 33.8 Å². The lowest BCUT2D eigenvalue weighted by Gasteiger charge is -2.13. The van der Waals surface area contributed by atoms with Crippen LogP contribution in [0.25, 0.3) is 0 Å². The van der Waals surface area contributed by atoms with Crippen molar-refractivity contribution in [3.63, 3.8) is 0 Å². The van der Waals surface area contributed by atoms with Crippen molar-refractivity contribution >= 4 is 17.3 Å². The summed E-state index contributed by atoms with van der Waals surface area (Å²) in [6, 6.07) is 14.1. The molecule has 0 bridgehead atoms. The molecule has 0 atom stereocenters. The molecule has 1 aliphatic rings. The van der Waals surface area contributed by atoms with E-state index in [-0.39, 0.29) is 18.2 Å². The second kappa shape index (κ2) is 9.37. The van der Waals surface area contributed by atoms with Crippen LogP contribution in [0.2, 0.25) is 0 Å². The number of hydrogen-bond donors (Lipinski definition) is 1. The zero-order valence-electron chi connectivity index (χ0n) is 17.4. The molecule has 1 saturated carbocycles. The maximum absolute atomic E-state index is 12.2. The van der Waals surface area contributed by atoms with Gasteiger partial charge in [-0.05, 0) is 55.4 Å². The summed E-state index contributed by atoms with van der Waals surface area (Å²) in [5, 5.41) is 10.8. The van der Waals surface area contributed by atoms with Crippen molar-refractivity contribution in [3.8, 4) is 0 Å². The van der Waals surface area contributed by atoms with Gasteiger partial charge in [-0.3, -0.25) is 4.79 Å². The first-order valence-corrected chi connectivity index (χ1v) is 9.74. The average molecular weight is 393 g/mol. The van der Waals surface area contributed by atoms with Gasteiger partial charge in [0.1, 0.15) is 13.7 Å². The summed E-state index contributed by atoms with van der Waals surface area (Å²) in [6.45, 7) is 4.13. The van der Waals surface area contributed by atoms with Crippen molar-refractivity contribution in [2.24, 2.45) is 10.3 Å². The van der Waals surface area contributed by atoms with Crippen LogP contribution in [-0.2, 0) is 21.1 Å². The smallest absolute Gasteiger partial charge is 0.273 e. The third-order valence-corrected chi connectivity index (χ3v) is 5.05. The quantitative estimate of drug-likeness (QED) is 0.546. The molecule has 1 amide bonds. The summed E-state index contributed by atoms with van der Waals surface area (Å²) in [4.78, 5) is 22.8. The highest BCUT2D eigenvalue weighted by molar-refractivity contribution is 6.45. The number of amides is 1. The van der Waals surface area contributed by atoms with E-state index in [0.717, 1.165) is 22.4 Å². The molecule has 3 rings (SSSR count). The van der Waals surface area contributed by atoms with Gasteiger partial charge in [0, 0.05) is 18.2 Å². The molecule has 1 fully saturated rings. The Labute approximate surface area is 171 Å². The van der Waals surface area contributed by atoms with E-state index in [1.54, 1.807) is 7.05 Å². The van der Waals surface area contributed by atoms with Crippen molar-refractivity contribution in [2.75, 3.05) is 14.2 Å². The summed E-state index contributed by atoms with van der Waals surface area (Å²) in [5.41, 5.74) is 5.94. The normalized spacial score (nSPS) is 14.5. The van der Waals surface area contributed by atoms with E-state index in [1.807, 2.05) is 38.1 Å². The maximum atomic E-state index is 12.2. The van der Waals surface area contributed by atoms with Crippen molar-refractivity contribution in [3.05, 3.63) is 70.3 Å². The van der Waals surface area contributed by atoms with Gasteiger partial charge < -0.3 is 15.0 Å². The van der Waals surface area contributed by atoms with E-state index in [0.29, 0.717) is 11.5 Å². The molecule has 1 aliphatic carbocycles. The van der Waals surface area contributed by atoms with Crippen LogP contribution < -0.4 is 5.32 Å². The first kappa shape index (κ1) is 20.6. The largest absolute Gasteiger partial charge is 0.398 e. The lowest BCUT2D eigenvalue weighted by Crippen LogP contribution is -2.29. The summed E-state index contributed by atoms with van der Waals surface area (Å²) in [7, 11) is 2.97. The number of rotatable bonds is 8. The van der Waals surface area contributed by atoms with E-state index in [4.69, 9.17) is 9.68 Å². The molecule has 0 aromatic heterocycles. The number of nitrogens with zero attached hydrogens (tertiary/aromatic N) is 2. The number of carbonyl (C=O) groups is 1. The summed E-state index contributed by atoms with van der Waals surface area (Å²) in [5.74, 6) is 0.372. The minimum absolute atomic E-state index is 0.204. The van der Waals surface area contributed by atoms with Crippen LogP contribution in [0.4, 0.5) is 0 Å². The Bertz CT molecular complexity index is 946. The van der Waals surface area contributed by atoms with Gasteiger partial charge in [-0.25, -0.2) is 0 Å². The molecular weight excluding hydrogens is 366 g/mol. The van der Waals surface area contributed by atoms with E-state index in [1.165, 1.54) is 25.5 Å². The topological polar surface area (TPSA) is 72.3 Å². The van der Waals surface area contributed by atoms with Crippen LogP contribution in [0.3, 0.4) is 0 Å². The molecule has 0 spiro atoms. The molecule has 29 heavy (non-hydrogen) atoms. The first-order valence-electron chi connectivity index (χ1n) is 9.74. The van der Waals surface area contributed by atoms with Gasteiger partial charge in [0.2, 0.25) is 0 Å². The molecule has 0 radical (unpaired) electrons. The third-order valence-electron chi connectivity index (χ3n) is 5.05. The van der Waals surface area contributed by atoms with Crippen molar-refractivity contribution in [1.29, 1.82) is 0 Å². The SMILES string of the molecule is CNC(=O)/C(=N/OC)c1cccc(C)c1CO/N=C(\C)c1cccc(C2CC2)c1. The minimum Gasteiger partial charge on any atom is -0.398 e. The van der Waals surface area contributed by atoms with Gasteiger partial charge in [0.25, 0.3) is 5.91 Å². The molecule has 1 N–H and O–H groups in total. The zero-order chi connectivity index (χ0) is 20.8. The number of oxime groups is 2. The highest BCUT2D eigenvalue weighted by Gasteiger charge is 2.23. The Morgan fingerprint density at radius 2 is 1.93 bits per heavy atom. The second-order valence-electron chi connectivity index (χ2n) is 7.15. The Morgan fingerprint density at radius 3 is 2.62 bits per heavy atom. The van der Waals surface area contributed by atoms with Crippen LogP contribution in [0, 0.1) is 6.92 Å². The lowest BCUT2D eigenvalue weighted by atomic mass is 9.98. The number of hydrogen-bond acceptors (Lipinski definition) is 5. The molecule has 0 saturated heterocycles. The molecule has 6 heteroatoms. The molecule has 152 valence electrons. The van der Waals surface area contributed by atoms with Crippen LogP contribution in [0.15, 0.2) is 52.8 Å². The lowest BCUT2D eigenvalue weighted by molar-refractivity contribution is -0.114. The van der Waals surface area contributed by atoms with Gasteiger partial charge >= 0.3 is 0 Å². The van der Waals surface area contributed by atoms with E-state index < -0.39 is 0 Å². The summed E-state index contributed by atoms with van der Waals surface area (Å²) in [6.07, 6.45) is 2.53. The summed E-state index contributed by atoms with van der Waals surface area (Å²) < 4.78 is 0.